The first-order chi connectivity index (χ1) is 13.2. The molecule has 28 heavy (non-hydrogen) atoms. The SMILES string of the molecule is Cc1cc(C)n(-c2cccc(NC(=O)C(C(C)C)N3CC(C)OC(C)C3)c2)n1. The Balaban J connectivity index is 1.79. The average molecular weight is 385 g/mol. The van der Waals surface area contributed by atoms with Gasteiger partial charge in [0.1, 0.15) is 0 Å². The number of carbonyl (C=O) groups is 1. The van der Waals surface area contributed by atoms with Crippen LogP contribution in [0, 0.1) is 19.8 Å². The Morgan fingerprint density at radius 1 is 1.18 bits per heavy atom. The lowest BCUT2D eigenvalue weighted by atomic mass is 9.99. The number of aromatic nitrogens is 2. The van der Waals surface area contributed by atoms with Crippen LogP contribution in [0.5, 0.6) is 0 Å². The predicted molar refractivity (Wildman–Crippen MR) is 112 cm³/mol. The third-order valence-electron chi connectivity index (χ3n) is 5.11. The van der Waals surface area contributed by atoms with Crippen molar-refractivity contribution in [2.24, 2.45) is 5.92 Å². The molecule has 1 aromatic heterocycles. The van der Waals surface area contributed by atoms with Crippen LogP contribution in [0.25, 0.3) is 5.69 Å². The zero-order chi connectivity index (χ0) is 20.4. The molecule has 3 rings (SSSR count). The van der Waals surface area contributed by atoms with E-state index in [0.29, 0.717) is 0 Å². The molecule has 2 heterocycles. The molecule has 0 radical (unpaired) electrons. The Morgan fingerprint density at radius 3 is 2.43 bits per heavy atom. The normalized spacial score (nSPS) is 21.7. The van der Waals surface area contributed by atoms with E-state index in [-0.39, 0.29) is 30.1 Å². The number of anilines is 1. The number of carbonyl (C=O) groups excluding carboxylic acids is 1. The van der Waals surface area contributed by atoms with Gasteiger partial charge >= 0.3 is 0 Å². The van der Waals surface area contributed by atoms with Crippen molar-refractivity contribution in [2.75, 3.05) is 18.4 Å². The highest BCUT2D eigenvalue weighted by molar-refractivity contribution is 5.95. The molecular formula is C22H32N4O2. The second kappa shape index (κ2) is 8.45. The maximum absolute atomic E-state index is 13.2. The first kappa shape index (κ1) is 20.6. The van der Waals surface area contributed by atoms with E-state index in [1.165, 1.54) is 0 Å². The molecule has 1 aliphatic heterocycles. The number of morpholine rings is 1. The highest BCUT2D eigenvalue weighted by Gasteiger charge is 2.34. The van der Waals surface area contributed by atoms with E-state index in [2.05, 4.69) is 43.0 Å². The number of amides is 1. The van der Waals surface area contributed by atoms with Gasteiger partial charge in [0.25, 0.3) is 0 Å². The third-order valence-corrected chi connectivity index (χ3v) is 5.11. The van der Waals surface area contributed by atoms with Gasteiger partial charge in [-0.05, 0) is 57.9 Å². The summed E-state index contributed by atoms with van der Waals surface area (Å²) in [7, 11) is 0. The third kappa shape index (κ3) is 4.62. The maximum atomic E-state index is 13.2. The second-order valence-electron chi connectivity index (χ2n) is 8.28. The fourth-order valence-corrected chi connectivity index (χ4v) is 4.16. The van der Waals surface area contributed by atoms with Gasteiger partial charge in [-0.2, -0.15) is 5.10 Å². The molecule has 1 fully saturated rings. The molecule has 0 spiro atoms. The number of rotatable bonds is 5. The van der Waals surface area contributed by atoms with Crippen molar-refractivity contribution < 1.29 is 9.53 Å². The van der Waals surface area contributed by atoms with Gasteiger partial charge in [0.2, 0.25) is 5.91 Å². The summed E-state index contributed by atoms with van der Waals surface area (Å²) in [5.41, 5.74) is 3.77. The van der Waals surface area contributed by atoms with Gasteiger partial charge in [-0.25, -0.2) is 4.68 Å². The summed E-state index contributed by atoms with van der Waals surface area (Å²) in [6.45, 7) is 13.9. The molecule has 0 saturated carbocycles. The van der Waals surface area contributed by atoms with Crippen LogP contribution in [-0.4, -0.2) is 51.9 Å². The van der Waals surface area contributed by atoms with E-state index in [9.17, 15) is 4.79 Å². The van der Waals surface area contributed by atoms with E-state index in [1.807, 2.05) is 48.9 Å². The van der Waals surface area contributed by atoms with Gasteiger partial charge in [0, 0.05) is 24.5 Å². The van der Waals surface area contributed by atoms with Crippen molar-refractivity contribution >= 4 is 11.6 Å². The van der Waals surface area contributed by atoms with Crippen molar-refractivity contribution in [3.8, 4) is 5.69 Å². The summed E-state index contributed by atoms with van der Waals surface area (Å²) in [6.07, 6.45) is 0.263. The summed E-state index contributed by atoms with van der Waals surface area (Å²) in [5, 5.41) is 7.66. The predicted octanol–water partition coefficient (Wildman–Crippen LogP) is 3.56. The second-order valence-corrected chi connectivity index (χ2v) is 8.28. The molecule has 6 nitrogen and oxygen atoms in total. The van der Waals surface area contributed by atoms with E-state index in [4.69, 9.17) is 4.74 Å². The molecule has 1 N–H and O–H groups in total. The minimum atomic E-state index is -0.189. The number of nitrogens with one attached hydrogen (secondary N) is 1. The smallest absolute Gasteiger partial charge is 0.241 e. The summed E-state index contributed by atoms with van der Waals surface area (Å²) < 4.78 is 7.74. The number of nitrogens with zero attached hydrogens (tertiary/aromatic N) is 3. The molecule has 0 aliphatic carbocycles. The standard InChI is InChI=1S/C22H32N4O2/c1-14(2)21(25-12-17(5)28-18(6)13-25)22(27)23-19-8-7-9-20(11-19)26-16(4)10-15(3)24-26/h7-11,14,17-18,21H,12-13H2,1-6H3,(H,23,27). The van der Waals surface area contributed by atoms with Gasteiger partial charge in [-0.15, -0.1) is 0 Å². The number of hydrogen-bond donors (Lipinski definition) is 1. The van der Waals surface area contributed by atoms with Crippen molar-refractivity contribution in [3.05, 3.63) is 41.7 Å². The average Bonchev–Trinajstić information content (AvgIpc) is 2.92. The van der Waals surface area contributed by atoms with Crippen LogP contribution in [0.3, 0.4) is 0 Å². The Labute approximate surface area is 167 Å². The first-order valence-electron chi connectivity index (χ1n) is 10.1. The summed E-state index contributed by atoms with van der Waals surface area (Å²) in [6, 6.07) is 9.70. The van der Waals surface area contributed by atoms with Crippen LogP contribution >= 0.6 is 0 Å². The van der Waals surface area contributed by atoms with Crippen molar-refractivity contribution in [3.63, 3.8) is 0 Å². The maximum Gasteiger partial charge on any atom is 0.241 e. The number of aryl methyl sites for hydroxylation is 2. The van der Waals surface area contributed by atoms with E-state index in [0.717, 1.165) is 35.9 Å². The Bertz CT molecular complexity index is 820. The fraction of sp³-hybridized carbons (Fsp3) is 0.545. The van der Waals surface area contributed by atoms with E-state index in [1.54, 1.807) is 0 Å². The molecule has 3 atom stereocenters. The molecule has 1 aromatic carbocycles. The monoisotopic (exact) mass is 384 g/mol. The molecule has 0 bridgehead atoms. The van der Waals surface area contributed by atoms with Crippen LogP contribution < -0.4 is 5.32 Å². The summed E-state index contributed by atoms with van der Waals surface area (Å²) in [5.74, 6) is 0.235. The summed E-state index contributed by atoms with van der Waals surface area (Å²) in [4.78, 5) is 15.4. The van der Waals surface area contributed by atoms with Crippen molar-refractivity contribution in [2.45, 2.75) is 59.8 Å². The van der Waals surface area contributed by atoms with Crippen LogP contribution in [0.1, 0.15) is 39.1 Å². The molecular weight excluding hydrogens is 352 g/mol. The van der Waals surface area contributed by atoms with Crippen molar-refractivity contribution in [1.29, 1.82) is 0 Å². The van der Waals surface area contributed by atoms with Gasteiger partial charge in [0.05, 0.1) is 29.6 Å². The topological polar surface area (TPSA) is 59.4 Å². The molecule has 3 unspecified atom stereocenters. The lowest BCUT2D eigenvalue weighted by Gasteiger charge is -2.41. The molecule has 6 heteroatoms. The molecule has 1 saturated heterocycles. The zero-order valence-corrected chi connectivity index (χ0v) is 17.8. The zero-order valence-electron chi connectivity index (χ0n) is 17.8. The van der Waals surface area contributed by atoms with E-state index >= 15 is 0 Å². The summed E-state index contributed by atoms with van der Waals surface area (Å²) >= 11 is 0. The minimum absolute atomic E-state index is 0.0295. The Kier molecular flexibility index (Phi) is 6.20. The van der Waals surface area contributed by atoms with Gasteiger partial charge < -0.3 is 10.1 Å². The van der Waals surface area contributed by atoms with Crippen molar-refractivity contribution in [1.82, 2.24) is 14.7 Å². The number of benzene rings is 1. The lowest BCUT2D eigenvalue weighted by Crippen LogP contribution is -2.55. The highest BCUT2D eigenvalue weighted by Crippen LogP contribution is 2.22. The van der Waals surface area contributed by atoms with Crippen LogP contribution in [-0.2, 0) is 9.53 Å². The quantitative estimate of drug-likeness (QED) is 0.856. The molecule has 1 aliphatic rings. The fourth-order valence-electron chi connectivity index (χ4n) is 4.16. The molecule has 152 valence electrons. The van der Waals surface area contributed by atoms with Crippen LogP contribution in [0.4, 0.5) is 5.69 Å². The van der Waals surface area contributed by atoms with E-state index < -0.39 is 0 Å². The van der Waals surface area contributed by atoms with Crippen LogP contribution in [0.2, 0.25) is 0 Å². The Morgan fingerprint density at radius 2 is 1.86 bits per heavy atom. The number of ether oxygens (including phenoxy) is 1. The minimum Gasteiger partial charge on any atom is -0.373 e. The highest BCUT2D eigenvalue weighted by atomic mass is 16.5. The molecule has 1 amide bonds. The van der Waals surface area contributed by atoms with Gasteiger partial charge in [-0.3, -0.25) is 9.69 Å². The Hall–Kier alpha value is -2.18. The lowest BCUT2D eigenvalue weighted by molar-refractivity contribution is -0.130. The number of hydrogen-bond acceptors (Lipinski definition) is 4. The van der Waals surface area contributed by atoms with Gasteiger partial charge in [0.15, 0.2) is 0 Å². The first-order valence-corrected chi connectivity index (χ1v) is 10.1. The molecule has 2 aromatic rings. The largest absolute Gasteiger partial charge is 0.373 e. The van der Waals surface area contributed by atoms with Crippen LogP contribution in [0.15, 0.2) is 30.3 Å². The van der Waals surface area contributed by atoms with Gasteiger partial charge in [-0.1, -0.05) is 19.9 Å².